The molecule has 2 atom stereocenters. The molecule has 1 N–H and O–H groups in total. The Morgan fingerprint density at radius 2 is 2.00 bits per heavy atom. The standard InChI is InChI=1S/C16H19F2NO3S/c1-15(2)10-5-6-16(15,14(20)7-10)9-23(21,22)19-13-4-3-11(17)8-12(13)18/h3-4,8,10,19H,5-7,9H2,1-2H3. The lowest BCUT2D eigenvalue weighted by molar-refractivity contribution is -0.128. The minimum atomic E-state index is -3.93. The van der Waals surface area contributed by atoms with Gasteiger partial charge in [0, 0.05) is 12.5 Å². The highest BCUT2D eigenvalue weighted by Gasteiger charge is 2.65. The molecule has 0 amide bonds. The largest absolute Gasteiger partial charge is 0.299 e. The Bertz CT molecular complexity index is 776. The van der Waals surface area contributed by atoms with Crippen LogP contribution >= 0.6 is 0 Å². The summed E-state index contributed by atoms with van der Waals surface area (Å²) in [7, 11) is -3.93. The Hall–Kier alpha value is -1.50. The molecule has 2 aliphatic carbocycles. The molecule has 2 fully saturated rings. The van der Waals surface area contributed by atoms with Crippen LogP contribution in [0.4, 0.5) is 14.5 Å². The van der Waals surface area contributed by atoms with Crippen molar-refractivity contribution in [3.05, 3.63) is 29.8 Å². The highest BCUT2D eigenvalue weighted by molar-refractivity contribution is 7.92. The van der Waals surface area contributed by atoms with Crippen LogP contribution in [0, 0.1) is 28.4 Å². The zero-order chi connectivity index (χ0) is 17.0. The molecule has 0 heterocycles. The van der Waals surface area contributed by atoms with Crippen LogP contribution in [0.3, 0.4) is 0 Å². The second-order valence-corrected chi connectivity index (χ2v) is 8.87. The first-order valence-corrected chi connectivity index (χ1v) is 9.21. The number of ketones is 1. The molecule has 0 radical (unpaired) electrons. The Morgan fingerprint density at radius 1 is 1.30 bits per heavy atom. The summed E-state index contributed by atoms with van der Waals surface area (Å²) >= 11 is 0. The average Bonchev–Trinajstić information content (AvgIpc) is 2.75. The lowest BCUT2D eigenvalue weighted by Crippen LogP contribution is -2.43. The summed E-state index contributed by atoms with van der Waals surface area (Å²) in [6.45, 7) is 3.87. The molecule has 4 nitrogen and oxygen atoms in total. The summed E-state index contributed by atoms with van der Waals surface area (Å²) in [4.78, 5) is 12.4. The van der Waals surface area contributed by atoms with Crippen molar-refractivity contribution in [3.63, 3.8) is 0 Å². The van der Waals surface area contributed by atoms with Gasteiger partial charge in [-0.3, -0.25) is 9.52 Å². The number of nitrogens with one attached hydrogen (secondary N) is 1. The Kier molecular flexibility index (Phi) is 3.55. The molecule has 126 valence electrons. The minimum Gasteiger partial charge on any atom is -0.299 e. The van der Waals surface area contributed by atoms with Gasteiger partial charge in [0.2, 0.25) is 10.0 Å². The van der Waals surface area contributed by atoms with Gasteiger partial charge in [-0.25, -0.2) is 17.2 Å². The number of fused-ring (bicyclic) bond motifs is 2. The molecule has 23 heavy (non-hydrogen) atoms. The third-order valence-electron chi connectivity index (χ3n) is 5.77. The third-order valence-corrected chi connectivity index (χ3v) is 7.18. The summed E-state index contributed by atoms with van der Waals surface area (Å²) in [6.07, 6.45) is 1.78. The predicted octanol–water partition coefficient (Wildman–Crippen LogP) is 3.10. The molecule has 0 aromatic heterocycles. The van der Waals surface area contributed by atoms with Gasteiger partial charge < -0.3 is 0 Å². The van der Waals surface area contributed by atoms with Crippen LogP contribution in [-0.4, -0.2) is 20.0 Å². The second-order valence-electron chi connectivity index (χ2n) is 7.15. The van der Waals surface area contributed by atoms with Crippen molar-refractivity contribution in [2.75, 3.05) is 10.5 Å². The maximum absolute atomic E-state index is 13.7. The van der Waals surface area contributed by atoms with Gasteiger partial charge in [-0.2, -0.15) is 0 Å². The van der Waals surface area contributed by atoms with Crippen LogP contribution in [0.5, 0.6) is 0 Å². The smallest absolute Gasteiger partial charge is 0.233 e. The fraction of sp³-hybridized carbons (Fsp3) is 0.562. The molecule has 3 rings (SSSR count). The van der Waals surface area contributed by atoms with E-state index in [1.807, 2.05) is 13.8 Å². The predicted molar refractivity (Wildman–Crippen MR) is 82.3 cm³/mol. The number of sulfonamides is 1. The first kappa shape index (κ1) is 16.4. The number of anilines is 1. The monoisotopic (exact) mass is 343 g/mol. The second kappa shape index (κ2) is 5.00. The number of benzene rings is 1. The maximum Gasteiger partial charge on any atom is 0.233 e. The molecule has 7 heteroatoms. The summed E-state index contributed by atoms with van der Waals surface area (Å²) in [6, 6.07) is 2.64. The van der Waals surface area contributed by atoms with Crippen LogP contribution in [0.2, 0.25) is 0 Å². The van der Waals surface area contributed by atoms with E-state index < -0.39 is 27.1 Å². The van der Waals surface area contributed by atoms with Crippen molar-refractivity contribution in [3.8, 4) is 0 Å². The summed E-state index contributed by atoms with van der Waals surface area (Å²) < 4.78 is 53.7. The molecule has 2 aliphatic rings. The Morgan fingerprint density at radius 3 is 2.52 bits per heavy atom. The molecule has 0 aliphatic heterocycles. The number of halogens is 2. The van der Waals surface area contributed by atoms with E-state index in [0.29, 0.717) is 18.9 Å². The van der Waals surface area contributed by atoms with Crippen LogP contribution in [0.15, 0.2) is 18.2 Å². The van der Waals surface area contributed by atoms with Crippen molar-refractivity contribution in [2.45, 2.75) is 33.1 Å². The minimum absolute atomic E-state index is 0.0243. The van der Waals surface area contributed by atoms with Crippen molar-refractivity contribution in [1.82, 2.24) is 0 Å². The molecule has 2 bridgehead atoms. The fourth-order valence-corrected chi connectivity index (χ4v) is 6.11. The van der Waals surface area contributed by atoms with Crippen molar-refractivity contribution in [1.29, 1.82) is 0 Å². The topological polar surface area (TPSA) is 63.2 Å². The van der Waals surface area contributed by atoms with Gasteiger partial charge in [0.25, 0.3) is 0 Å². The quantitative estimate of drug-likeness (QED) is 0.914. The highest BCUT2D eigenvalue weighted by Crippen LogP contribution is 2.64. The first-order chi connectivity index (χ1) is 10.6. The number of carbonyl (C=O) groups is 1. The number of carbonyl (C=O) groups excluding carboxylic acids is 1. The molecule has 0 saturated heterocycles. The summed E-state index contributed by atoms with van der Waals surface area (Å²) in [5, 5.41) is 0. The third kappa shape index (κ3) is 2.45. The van der Waals surface area contributed by atoms with Gasteiger partial charge in [0.15, 0.2) is 0 Å². The molecule has 1 aromatic carbocycles. The van der Waals surface area contributed by atoms with Crippen molar-refractivity contribution >= 4 is 21.5 Å². The van der Waals surface area contributed by atoms with E-state index >= 15 is 0 Å². The number of Topliss-reactive ketones (excluding diaryl/α,β-unsaturated/α-hetero) is 1. The summed E-state index contributed by atoms with van der Waals surface area (Å²) in [5.41, 5.74) is -1.61. The molecule has 0 spiro atoms. The van der Waals surface area contributed by atoms with Crippen molar-refractivity contribution in [2.24, 2.45) is 16.7 Å². The number of hydrogen-bond acceptors (Lipinski definition) is 3. The lowest BCUT2D eigenvalue weighted by Gasteiger charge is -2.36. The number of rotatable bonds is 4. The van der Waals surface area contributed by atoms with Crippen LogP contribution < -0.4 is 4.72 Å². The Labute approximate surface area is 134 Å². The normalized spacial score (nSPS) is 29.0. The SMILES string of the molecule is CC1(C)C2CCC1(CS(=O)(=O)Nc1ccc(F)cc1F)C(=O)C2. The molecule has 2 unspecified atom stereocenters. The molecular weight excluding hydrogens is 324 g/mol. The van der Waals surface area contributed by atoms with Gasteiger partial charge in [-0.1, -0.05) is 13.8 Å². The zero-order valence-electron chi connectivity index (χ0n) is 13.0. The van der Waals surface area contributed by atoms with E-state index in [1.54, 1.807) is 0 Å². The highest BCUT2D eigenvalue weighted by atomic mass is 32.2. The van der Waals surface area contributed by atoms with E-state index in [2.05, 4.69) is 4.72 Å². The van der Waals surface area contributed by atoms with Crippen LogP contribution in [-0.2, 0) is 14.8 Å². The van der Waals surface area contributed by atoms with E-state index in [0.717, 1.165) is 18.6 Å². The van der Waals surface area contributed by atoms with Crippen molar-refractivity contribution < 1.29 is 22.0 Å². The summed E-state index contributed by atoms with van der Waals surface area (Å²) in [5.74, 6) is -1.95. The van der Waals surface area contributed by atoms with E-state index in [1.165, 1.54) is 0 Å². The average molecular weight is 343 g/mol. The van der Waals surface area contributed by atoms with E-state index in [9.17, 15) is 22.0 Å². The van der Waals surface area contributed by atoms with Crippen LogP contribution in [0.25, 0.3) is 0 Å². The lowest BCUT2D eigenvalue weighted by atomic mass is 9.70. The first-order valence-electron chi connectivity index (χ1n) is 7.56. The maximum atomic E-state index is 13.7. The van der Waals surface area contributed by atoms with Gasteiger partial charge in [0.1, 0.15) is 17.4 Å². The van der Waals surface area contributed by atoms with E-state index in [-0.39, 0.29) is 28.6 Å². The van der Waals surface area contributed by atoms with Gasteiger partial charge in [0.05, 0.1) is 16.9 Å². The fourth-order valence-electron chi connectivity index (χ4n) is 4.21. The van der Waals surface area contributed by atoms with E-state index in [4.69, 9.17) is 0 Å². The van der Waals surface area contributed by atoms with Gasteiger partial charge in [-0.15, -0.1) is 0 Å². The molecule has 2 saturated carbocycles. The number of hydrogen-bond donors (Lipinski definition) is 1. The molecule has 1 aromatic rings. The van der Waals surface area contributed by atoms with Gasteiger partial charge in [-0.05, 0) is 36.3 Å². The molecular formula is C16H19F2NO3S. The van der Waals surface area contributed by atoms with Gasteiger partial charge >= 0.3 is 0 Å². The Balaban J connectivity index is 1.88. The van der Waals surface area contributed by atoms with Crippen LogP contribution in [0.1, 0.15) is 33.1 Å². The zero-order valence-corrected chi connectivity index (χ0v) is 13.8.